The van der Waals surface area contributed by atoms with Crippen molar-refractivity contribution in [1.82, 2.24) is 0 Å². The molecule has 2 aromatic carbocycles. The molecule has 0 saturated carbocycles. The maximum atomic E-state index is 10.5. The van der Waals surface area contributed by atoms with Gasteiger partial charge in [-0.25, -0.2) is 0 Å². The first-order valence-electron chi connectivity index (χ1n) is 8.15. The number of rotatable bonds is 8. The van der Waals surface area contributed by atoms with E-state index in [9.17, 15) is 5.11 Å². The second-order valence-corrected chi connectivity index (χ2v) is 5.91. The van der Waals surface area contributed by atoms with Gasteiger partial charge in [-0.05, 0) is 35.6 Å². The van der Waals surface area contributed by atoms with Gasteiger partial charge in [0.1, 0.15) is 12.4 Å². The second kappa shape index (κ2) is 8.60. The van der Waals surface area contributed by atoms with Gasteiger partial charge in [-0.3, -0.25) is 0 Å². The largest absolute Gasteiger partial charge is 0.489 e. The molecule has 0 unspecified atom stereocenters. The lowest BCUT2D eigenvalue weighted by Gasteiger charge is -2.19. The van der Waals surface area contributed by atoms with E-state index in [4.69, 9.17) is 4.74 Å². The normalized spacial score (nSPS) is 13.6. The fourth-order valence-electron chi connectivity index (χ4n) is 2.54. The summed E-state index contributed by atoms with van der Waals surface area (Å²) >= 11 is 0. The van der Waals surface area contributed by atoms with E-state index in [2.05, 4.69) is 13.8 Å². The molecule has 0 bridgehead atoms. The van der Waals surface area contributed by atoms with Crippen LogP contribution in [0.1, 0.15) is 50.3 Å². The van der Waals surface area contributed by atoms with Crippen molar-refractivity contribution in [3.8, 4) is 5.75 Å². The molecule has 0 aliphatic carbocycles. The molecule has 0 spiro atoms. The average molecular weight is 298 g/mol. The van der Waals surface area contributed by atoms with E-state index in [1.807, 2.05) is 54.6 Å². The van der Waals surface area contributed by atoms with Gasteiger partial charge < -0.3 is 9.84 Å². The molecule has 0 aromatic heterocycles. The van der Waals surface area contributed by atoms with Gasteiger partial charge in [-0.2, -0.15) is 0 Å². The smallest absolute Gasteiger partial charge is 0.120 e. The van der Waals surface area contributed by atoms with Crippen molar-refractivity contribution in [1.29, 1.82) is 0 Å². The Morgan fingerprint density at radius 2 is 1.82 bits per heavy atom. The molecule has 0 aliphatic rings. The second-order valence-electron chi connectivity index (χ2n) is 5.91. The number of ether oxygens (including phenoxy) is 1. The summed E-state index contributed by atoms with van der Waals surface area (Å²) in [6.45, 7) is 4.83. The molecule has 2 atom stereocenters. The monoisotopic (exact) mass is 298 g/mol. The molecule has 0 saturated heterocycles. The number of aliphatic hydroxyl groups excluding tert-OH is 1. The summed E-state index contributed by atoms with van der Waals surface area (Å²) in [5.41, 5.74) is 2.08. The molecule has 2 rings (SSSR count). The lowest BCUT2D eigenvalue weighted by molar-refractivity contribution is 0.111. The fourth-order valence-corrected chi connectivity index (χ4v) is 2.54. The maximum Gasteiger partial charge on any atom is 0.120 e. The van der Waals surface area contributed by atoms with Gasteiger partial charge in [0.25, 0.3) is 0 Å². The highest BCUT2D eigenvalue weighted by atomic mass is 16.5. The standard InChI is InChI=1S/C20H26O2/c1-3-4-9-16(2)20(21)18-12-8-13-19(14-18)22-15-17-10-6-5-7-11-17/h5-8,10-14,16,20-21H,3-4,9,15H2,1-2H3/t16-,20+/m1/s1. The molecular formula is C20H26O2. The Balaban J connectivity index is 1.97. The molecule has 0 amide bonds. The fraction of sp³-hybridized carbons (Fsp3) is 0.400. The molecule has 0 fully saturated rings. The minimum absolute atomic E-state index is 0.268. The van der Waals surface area contributed by atoms with Gasteiger partial charge in [0, 0.05) is 0 Å². The van der Waals surface area contributed by atoms with Gasteiger partial charge in [0.2, 0.25) is 0 Å². The Morgan fingerprint density at radius 3 is 2.55 bits per heavy atom. The van der Waals surface area contributed by atoms with Crippen molar-refractivity contribution < 1.29 is 9.84 Å². The van der Waals surface area contributed by atoms with Crippen LogP contribution in [0.5, 0.6) is 5.75 Å². The van der Waals surface area contributed by atoms with Crippen LogP contribution in [0.15, 0.2) is 54.6 Å². The van der Waals surface area contributed by atoms with Crippen LogP contribution in [0.3, 0.4) is 0 Å². The Bertz CT molecular complexity index is 551. The van der Waals surface area contributed by atoms with E-state index < -0.39 is 6.10 Å². The van der Waals surface area contributed by atoms with Crippen molar-refractivity contribution in [2.75, 3.05) is 0 Å². The molecule has 2 heteroatoms. The molecular weight excluding hydrogens is 272 g/mol. The predicted octanol–water partition coefficient (Wildman–Crippen LogP) is 5.13. The van der Waals surface area contributed by atoms with Crippen molar-refractivity contribution in [2.45, 2.75) is 45.8 Å². The highest BCUT2D eigenvalue weighted by molar-refractivity contribution is 5.30. The lowest BCUT2D eigenvalue weighted by Crippen LogP contribution is -2.09. The highest BCUT2D eigenvalue weighted by Crippen LogP contribution is 2.28. The molecule has 0 radical (unpaired) electrons. The summed E-state index contributed by atoms with van der Waals surface area (Å²) in [7, 11) is 0. The average Bonchev–Trinajstić information content (AvgIpc) is 2.58. The van der Waals surface area contributed by atoms with E-state index in [-0.39, 0.29) is 5.92 Å². The summed E-state index contributed by atoms with van der Waals surface area (Å²) in [4.78, 5) is 0. The lowest BCUT2D eigenvalue weighted by atomic mass is 9.93. The highest BCUT2D eigenvalue weighted by Gasteiger charge is 2.16. The summed E-state index contributed by atoms with van der Waals surface area (Å²) in [6, 6.07) is 17.9. The first kappa shape index (κ1) is 16.6. The minimum atomic E-state index is -0.424. The van der Waals surface area contributed by atoms with E-state index in [0.717, 1.165) is 36.1 Å². The number of hydrogen-bond acceptors (Lipinski definition) is 2. The Morgan fingerprint density at radius 1 is 1.05 bits per heavy atom. The zero-order chi connectivity index (χ0) is 15.8. The summed E-state index contributed by atoms with van der Waals surface area (Å²) in [5.74, 6) is 1.08. The van der Waals surface area contributed by atoms with E-state index in [1.54, 1.807) is 0 Å². The third kappa shape index (κ3) is 4.88. The number of aliphatic hydroxyl groups is 1. The first-order chi connectivity index (χ1) is 10.7. The molecule has 0 heterocycles. The van der Waals surface area contributed by atoms with Crippen LogP contribution < -0.4 is 4.74 Å². The third-order valence-electron chi connectivity index (χ3n) is 4.00. The SMILES string of the molecule is CCCC[C@@H](C)[C@H](O)c1cccc(OCc2ccccc2)c1. The molecule has 118 valence electrons. The van der Waals surface area contributed by atoms with Crippen LogP contribution >= 0.6 is 0 Å². The Labute approximate surface area is 133 Å². The quantitative estimate of drug-likeness (QED) is 0.732. The van der Waals surface area contributed by atoms with Gasteiger partial charge in [0.05, 0.1) is 6.10 Å². The van der Waals surface area contributed by atoms with E-state index in [0.29, 0.717) is 6.61 Å². The van der Waals surface area contributed by atoms with Crippen molar-refractivity contribution >= 4 is 0 Å². The molecule has 2 aromatic rings. The van der Waals surface area contributed by atoms with Crippen LogP contribution in [-0.2, 0) is 6.61 Å². The van der Waals surface area contributed by atoms with Crippen LogP contribution in [-0.4, -0.2) is 5.11 Å². The third-order valence-corrected chi connectivity index (χ3v) is 4.00. The van der Waals surface area contributed by atoms with Crippen LogP contribution in [0.4, 0.5) is 0 Å². The van der Waals surface area contributed by atoms with Gasteiger partial charge in [0.15, 0.2) is 0 Å². The van der Waals surface area contributed by atoms with E-state index in [1.165, 1.54) is 0 Å². The van der Waals surface area contributed by atoms with Crippen LogP contribution in [0.2, 0.25) is 0 Å². The van der Waals surface area contributed by atoms with Gasteiger partial charge in [-0.15, -0.1) is 0 Å². The molecule has 0 aliphatic heterocycles. The predicted molar refractivity (Wildman–Crippen MR) is 90.9 cm³/mol. The zero-order valence-electron chi connectivity index (χ0n) is 13.5. The summed E-state index contributed by atoms with van der Waals surface area (Å²) in [6.07, 6.45) is 2.94. The Hall–Kier alpha value is -1.80. The van der Waals surface area contributed by atoms with Crippen molar-refractivity contribution in [3.05, 3.63) is 65.7 Å². The van der Waals surface area contributed by atoms with Crippen LogP contribution in [0, 0.1) is 5.92 Å². The van der Waals surface area contributed by atoms with E-state index >= 15 is 0 Å². The summed E-state index contributed by atoms with van der Waals surface area (Å²) < 4.78 is 5.83. The van der Waals surface area contributed by atoms with Crippen molar-refractivity contribution in [3.63, 3.8) is 0 Å². The van der Waals surface area contributed by atoms with Crippen LogP contribution in [0.25, 0.3) is 0 Å². The topological polar surface area (TPSA) is 29.5 Å². The van der Waals surface area contributed by atoms with Gasteiger partial charge >= 0.3 is 0 Å². The number of unbranched alkanes of at least 4 members (excludes halogenated alkanes) is 1. The Kier molecular flexibility index (Phi) is 6.47. The summed E-state index contributed by atoms with van der Waals surface area (Å²) in [5, 5.41) is 10.5. The van der Waals surface area contributed by atoms with Gasteiger partial charge in [-0.1, -0.05) is 69.2 Å². The molecule has 2 nitrogen and oxygen atoms in total. The minimum Gasteiger partial charge on any atom is -0.489 e. The van der Waals surface area contributed by atoms with Crippen molar-refractivity contribution in [2.24, 2.45) is 5.92 Å². The maximum absolute atomic E-state index is 10.5. The number of hydrogen-bond donors (Lipinski definition) is 1. The molecule has 22 heavy (non-hydrogen) atoms. The molecule has 1 N–H and O–H groups in total. The number of benzene rings is 2. The zero-order valence-corrected chi connectivity index (χ0v) is 13.5. The first-order valence-corrected chi connectivity index (χ1v) is 8.15.